The van der Waals surface area contributed by atoms with E-state index in [1.165, 1.54) is 10.0 Å². The molecule has 0 N–H and O–H groups in total. The average Bonchev–Trinajstić information content (AvgIpc) is 2.95. The summed E-state index contributed by atoms with van der Waals surface area (Å²) in [4.78, 5) is 26.5. The maximum atomic E-state index is 13.3. The number of nitrogens with zero attached hydrogens (tertiary/aromatic N) is 2. The highest BCUT2D eigenvalue weighted by molar-refractivity contribution is 6.31. The van der Waals surface area contributed by atoms with Gasteiger partial charge < -0.3 is 0 Å². The van der Waals surface area contributed by atoms with Gasteiger partial charge in [0.25, 0.3) is 11.8 Å². The van der Waals surface area contributed by atoms with Crippen molar-refractivity contribution in [1.82, 2.24) is 0 Å². The smallest absolute Gasteiger partial charge is 0.259 e. The minimum atomic E-state index is -0.797. The van der Waals surface area contributed by atoms with Crippen LogP contribution in [0.15, 0.2) is 78.9 Å². The molecule has 0 unspecified atom stereocenters. The Labute approximate surface area is 172 Å². The molecule has 4 nitrogen and oxygen atoms in total. The third-order valence-electron chi connectivity index (χ3n) is 4.64. The molecule has 1 aliphatic heterocycles. The van der Waals surface area contributed by atoms with Crippen LogP contribution in [0.2, 0.25) is 10.0 Å². The van der Waals surface area contributed by atoms with Crippen LogP contribution in [-0.4, -0.2) is 11.8 Å². The largest absolute Gasteiger partial charge is 0.272 e. The normalized spacial score (nSPS) is 14.8. The first-order chi connectivity index (χ1) is 13.5. The van der Waals surface area contributed by atoms with Crippen LogP contribution in [0.3, 0.4) is 0 Å². The van der Waals surface area contributed by atoms with E-state index in [9.17, 15) is 9.59 Å². The zero-order valence-corrected chi connectivity index (χ0v) is 16.3. The summed E-state index contributed by atoms with van der Waals surface area (Å²) < 4.78 is 0. The van der Waals surface area contributed by atoms with E-state index < -0.39 is 5.92 Å². The number of carbonyl (C=O) groups excluding carboxylic acids is 2. The van der Waals surface area contributed by atoms with Crippen molar-refractivity contribution in [1.29, 1.82) is 0 Å². The van der Waals surface area contributed by atoms with Crippen LogP contribution in [0.5, 0.6) is 0 Å². The van der Waals surface area contributed by atoms with Crippen LogP contribution in [0, 0.1) is 5.92 Å². The molecule has 2 amide bonds. The lowest BCUT2D eigenvalue weighted by molar-refractivity contribution is -0.126. The second kappa shape index (κ2) is 7.66. The summed E-state index contributed by atoms with van der Waals surface area (Å²) in [5.74, 6) is -1.34. The predicted octanol–water partition coefficient (Wildman–Crippen LogP) is 5.15. The van der Waals surface area contributed by atoms with Crippen molar-refractivity contribution in [2.75, 3.05) is 10.0 Å². The Morgan fingerprint density at radius 2 is 1.07 bits per heavy atom. The molecule has 3 aromatic carbocycles. The predicted molar refractivity (Wildman–Crippen MR) is 112 cm³/mol. The molecule has 140 valence electrons. The number of hydrogen-bond acceptors (Lipinski definition) is 2. The fraction of sp³-hybridized carbons (Fsp3) is 0.0909. The number of benzene rings is 3. The molecular weight excluding hydrogens is 395 g/mol. The summed E-state index contributed by atoms with van der Waals surface area (Å²) >= 11 is 12.0. The fourth-order valence-corrected chi connectivity index (χ4v) is 3.52. The van der Waals surface area contributed by atoms with E-state index in [1.54, 1.807) is 48.5 Å². The Morgan fingerprint density at radius 3 is 1.50 bits per heavy atom. The number of halogens is 2. The molecule has 0 atom stereocenters. The van der Waals surface area contributed by atoms with E-state index in [1.807, 2.05) is 30.3 Å². The molecule has 0 aliphatic carbocycles. The van der Waals surface area contributed by atoms with Crippen LogP contribution in [0.1, 0.15) is 5.56 Å². The van der Waals surface area contributed by atoms with Gasteiger partial charge in [-0.15, -0.1) is 0 Å². The molecule has 1 heterocycles. The van der Waals surface area contributed by atoms with Gasteiger partial charge in [0.1, 0.15) is 5.92 Å². The molecule has 1 aliphatic rings. The van der Waals surface area contributed by atoms with Gasteiger partial charge in [-0.25, -0.2) is 10.0 Å². The Kier molecular flexibility index (Phi) is 5.07. The molecule has 0 bridgehead atoms. The third-order valence-corrected chi connectivity index (χ3v) is 5.14. The highest BCUT2D eigenvalue weighted by atomic mass is 35.5. The lowest BCUT2D eigenvalue weighted by Crippen LogP contribution is -2.41. The highest BCUT2D eigenvalue weighted by Crippen LogP contribution is 2.34. The Hall–Kier alpha value is -2.82. The molecule has 0 radical (unpaired) electrons. The molecule has 1 saturated heterocycles. The van der Waals surface area contributed by atoms with Crippen molar-refractivity contribution in [3.63, 3.8) is 0 Å². The quantitative estimate of drug-likeness (QED) is 0.558. The summed E-state index contributed by atoms with van der Waals surface area (Å²) in [6.07, 6.45) is 0.340. The molecule has 0 aromatic heterocycles. The van der Waals surface area contributed by atoms with Gasteiger partial charge in [0.2, 0.25) is 0 Å². The number of hydrogen-bond donors (Lipinski definition) is 0. The van der Waals surface area contributed by atoms with Crippen LogP contribution >= 0.6 is 23.2 Å². The summed E-state index contributed by atoms with van der Waals surface area (Å²) in [7, 11) is 0. The van der Waals surface area contributed by atoms with Crippen molar-refractivity contribution in [3.8, 4) is 0 Å². The maximum absolute atomic E-state index is 13.3. The first-order valence-corrected chi connectivity index (χ1v) is 9.53. The lowest BCUT2D eigenvalue weighted by atomic mass is 9.98. The molecule has 0 saturated carbocycles. The van der Waals surface area contributed by atoms with Gasteiger partial charge in [-0.3, -0.25) is 9.59 Å². The van der Waals surface area contributed by atoms with E-state index in [2.05, 4.69) is 0 Å². The molecule has 28 heavy (non-hydrogen) atoms. The number of rotatable bonds is 4. The van der Waals surface area contributed by atoms with Gasteiger partial charge in [-0.1, -0.05) is 53.5 Å². The second-order valence-corrected chi connectivity index (χ2v) is 7.37. The topological polar surface area (TPSA) is 40.6 Å². The molecule has 6 heteroatoms. The maximum Gasteiger partial charge on any atom is 0.259 e. The molecular formula is C22H16Cl2N2O2. The van der Waals surface area contributed by atoms with E-state index in [0.29, 0.717) is 27.8 Å². The summed E-state index contributed by atoms with van der Waals surface area (Å²) in [6.45, 7) is 0. The van der Waals surface area contributed by atoms with Crippen LogP contribution < -0.4 is 10.0 Å². The number of carbonyl (C=O) groups is 2. The summed E-state index contributed by atoms with van der Waals surface area (Å²) in [5, 5.41) is 3.94. The lowest BCUT2D eigenvalue weighted by Gasteiger charge is -2.27. The van der Waals surface area contributed by atoms with E-state index in [-0.39, 0.29) is 11.8 Å². The van der Waals surface area contributed by atoms with Gasteiger partial charge >= 0.3 is 0 Å². The first-order valence-electron chi connectivity index (χ1n) is 8.77. The van der Waals surface area contributed by atoms with Gasteiger partial charge in [0.15, 0.2) is 0 Å². The fourth-order valence-electron chi connectivity index (χ4n) is 3.27. The SMILES string of the molecule is O=C1C(Cc2ccccc2)C(=O)N(c2ccc(Cl)cc2)N1c1ccc(Cl)cc1. The van der Waals surface area contributed by atoms with Gasteiger partial charge in [0.05, 0.1) is 11.4 Å². The van der Waals surface area contributed by atoms with E-state index in [0.717, 1.165) is 5.56 Å². The number of anilines is 2. The number of hydrazine groups is 1. The molecule has 3 aromatic rings. The average molecular weight is 411 g/mol. The van der Waals surface area contributed by atoms with Crippen molar-refractivity contribution in [2.24, 2.45) is 5.92 Å². The van der Waals surface area contributed by atoms with Crippen LogP contribution in [-0.2, 0) is 16.0 Å². The summed E-state index contributed by atoms with van der Waals surface area (Å²) in [6, 6.07) is 23.2. The van der Waals surface area contributed by atoms with Crippen LogP contribution in [0.25, 0.3) is 0 Å². The minimum Gasteiger partial charge on any atom is -0.272 e. The van der Waals surface area contributed by atoms with Crippen molar-refractivity contribution >= 4 is 46.4 Å². The standard InChI is InChI=1S/C22H16Cl2N2O2/c23-16-6-10-18(11-7-16)25-21(27)20(14-15-4-2-1-3-5-15)22(28)26(25)19-12-8-17(24)9-13-19/h1-13,20H,14H2. The highest BCUT2D eigenvalue weighted by Gasteiger charge is 2.46. The zero-order chi connectivity index (χ0) is 19.7. The van der Waals surface area contributed by atoms with Crippen molar-refractivity contribution in [3.05, 3.63) is 94.5 Å². The molecule has 4 rings (SSSR count). The van der Waals surface area contributed by atoms with E-state index >= 15 is 0 Å². The first kappa shape index (κ1) is 18.5. The van der Waals surface area contributed by atoms with Crippen molar-refractivity contribution in [2.45, 2.75) is 6.42 Å². The van der Waals surface area contributed by atoms with Gasteiger partial charge in [0, 0.05) is 10.0 Å². The van der Waals surface area contributed by atoms with Gasteiger partial charge in [-0.05, 0) is 60.5 Å². The molecule has 0 spiro atoms. The Balaban J connectivity index is 1.76. The number of amides is 2. The van der Waals surface area contributed by atoms with Crippen LogP contribution in [0.4, 0.5) is 11.4 Å². The Bertz CT molecular complexity index is 941. The Morgan fingerprint density at radius 1 is 0.643 bits per heavy atom. The summed E-state index contributed by atoms with van der Waals surface area (Å²) in [5.41, 5.74) is 2.09. The van der Waals surface area contributed by atoms with Crippen molar-refractivity contribution < 1.29 is 9.59 Å². The second-order valence-electron chi connectivity index (χ2n) is 6.50. The minimum absolute atomic E-state index is 0.272. The monoisotopic (exact) mass is 410 g/mol. The zero-order valence-electron chi connectivity index (χ0n) is 14.8. The third kappa shape index (κ3) is 3.49. The van der Waals surface area contributed by atoms with E-state index in [4.69, 9.17) is 23.2 Å². The van der Waals surface area contributed by atoms with Gasteiger partial charge in [-0.2, -0.15) is 0 Å². The molecule has 1 fully saturated rings.